The highest BCUT2D eigenvalue weighted by molar-refractivity contribution is 7.80. The summed E-state index contributed by atoms with van der Waals surface area (Å²) in [6.45, 7) is 0. The van der Waals surface area contributed by atoms with Gasteiger partial charge in [0, 0.05) is 16.8 Å². The van der Waals surface area contributed by atoms with Crippen molar-refractivity contribution < 1.29 is 13.9 Å². The summed E-state index contributed by atoms with van der Waals surface area (Å²) in [7, 11) is 0. The van der Waals surface area contributed by atoms with E-state index < -0.39 is 6.04 Å². The molecular weight excluding hydrogens is 449 g/mol. The molecular formula is C24H17ClFN3O2S. The van der Waals surface area contributed by atoms with E-state index in [9.17, 15) is 9.50 Å². The molecule has 1 saturated heterocycles. The SMILES string of the molecule is Oc1ccc(Cl)cc1N1C(=S)NC(c2ccccn2)C1c1ccc(-c2ccc(F)cc2)o1. The average molecular weight is 466 g/mol. The Morgan fingerprint density at radius 3 is 2.62 bits per heavy atom. The molecule has 2 atom stereocenters. The minimum Gasteiger partial charge on any atom is -0.506 e. The number of hydrogen-bond donors (Lipinski definition) is 2. The van der Waals surface area contributed by atoms with Crippen molar-refractivity contribution in [2.75, 3.05) is 4.90 Å². The second kappa shape index (κ2) is 8.26. The van der Waals surface area contributed by atoms with Crippen LogP contribution in [0.25, 0.3) is 11.3 Å². The Balaban J connectivity index is 1.62. The van der Waals surface area contributed by atoms with Gasteiger partial charge in [-0.1, -0.05) is 17.7 Å². The summed E-state index contributed by atoms with van der Waals surface area (Å²) in [4.78, 5) is 6.27. The Hall–Kier alpha value is -3.42. The number of hydrogen-bond acceptors (Lipinski definition) is 4. The van der Waals surface area contributed by atoms with Crippen LogP contribution in [-0.2, 0) is 0 Å². The molecule has 0 spiro atoms. The molecule has 5 rings (SSSR count). The second-order valence-electron chi connectivity index (χ2n) is 7.34. The maximum absolute atomic E-state index is 13.3. The van der Waals surface area contributed by atoms with Crippen LogP contribution in [0.5, 0.6) is 5.75 Å². The standard InChI is InChI=1S/C24H17ClFN3O2S/c25-15-6-9-19(30)18(13-15)29-23(22(28-24(29)32)17-3-1-2-12-27-17)21-11-10-20(31-21)14-4-7-16(26)8-5-14/h1-13,22-23,30H,(H,28,32). The van der Waals surface area contributed by atoms with Crippen LogP contribution < -0.4 is 10.2 Å². The monoisotopic (exact) mass is 465 g/mol. The number of anilines is 1. The highest BCUT2D eigenvalue weighted by Gasteiger charge is 2.43. The molecule has 1 aliphatic rings. The molecule has 2 aromatic heterocycles. The summed E-state index contributed by atoms with van der Waals surface area (Å²) in [5, 5.41) is 14.7. The summed E-state index contributed by atoms with van der Waals surface area (Å²) < 4.78 is 19.6. The Morgan fingerprint density at radius 1 is 1.06 bits per heavy atom. The fourth-order valence-corrected chi connectivity index (χ4v) is 4.38. The van der Waals surface area contributed by atoms with Crippen molar-refractivity contribution in [3.8, 4) is 17.1 Å². The van der Waals surface area contributed by atoms with E-state index in [4.69, 9.17) is 28.2 Å². The predicted octanol–water partition coefficient (Wildman–Crippen LogP) is 6.02. The van der Waals surface area contributed by atoms with Gasteiger partial charge in [0.1, 0.15) is 29.1 Å². The molecule has 1 fully saturated rings. The fraction of sp³-hybridized carbons (Fsp3) is 0.0833. The molecule has 4 aromatic rings. The first kappa shape index (κ1) is 20.5. The zero-order valence-electron chi connectivity index (χ0n) is 16.6. The van der Waals surface area contributed by atoms with Crippen LogP contribution in [0.15, 0.2) is 83.4 Å². The molecule has 32 heavy (non-hydrogen) atoms. The van der Waals surface area contributed by atoms with E-state index in [0.717, 1.165) is 11.3 Å². The van der Waals surface area contributed by atoms with Gasteiger partial charge >= 0.3 is 0 Å². The van der Waals surface area contributed by atoms with Gasteiger partial charge in [0.25, 0.3) is 0 Å². The molecule has 1 aliphatic heterocycles. The smallest absolute Gasteiger partial charge is 0.174 e. The lowest BCUT2D eigenvalue weighted by Gasteiger charge is -2.26. The van der Waals surface area contributed by atoms with Gasteiger partial charge in [-0.05, 0) is 78.9 Å². The van der Waals surface area contributed by atoms with Gasteiger partial charge < -0.3 is 19.7 Å². The van der Waals surface area contributed by atoms with Gasteiger partial charge in [-0.15, -0.1) is 0 Å². The van der Waals surface area contributed by atoms with Gasteiger partial charge in [-0.2, -0.15) is 0 Å². The number of halogens is 2. The van der Waals surface area contributed by atoms with Crippen LogP contribution in [-0.4, -0.2) is 15.2 Å². The lowest BCUT2D eigenvalue weighted by Crippen LogP contribution is -2.29. The highest BCUT2D eigenvalue weighted by Crippen LogP contribution is 2.45. The number of phenols is 1. The Bertz CT molecular complexity index is 1280. The molecule has 3 heterocycles. The van der Waals surface area contributed by atoms with E-state index in [1.54, 1.807) is 35.4 Å². The minimum atomic E-state index is -0.448. The van der Waals surface area contributed by atoms with Crippen molar-refractivity contribution in [2.45, 2.75) is 12.1 Å². The van der Waals surface area contributed by atoms with Crippen molar-refractivity contribution in [3.63, 3.8) is 0 Å². The predicted molar refractivity (Wildman–Crippen MR) is 125 cm³/mol. The molecule has 0 saturated carbocycles. The molecule has 0 radical (unpaired) electrons. The molecule has 2 unspecified atom stereocenters. The van der Waals surface area contributed by atoms with Gasteiger partial charge in [0.2, 0.25) is 0 Å². The first-order valence-electron chi connectivity index (χ1n) is 9.86. The molecule has 0 aliphatic carbocycles. The number of rotatable bonds is 4. The summed E-state index contributed by atoms with van der Waals surface area (Å²) in [6.07, 6.45) is 1.71. The van der Waals surface area contributed by atoms with Crippen LogP contribution >= 0.6 is 23.8 Å². The van der Waals surface area contributed by atoms with Crippen LogP contribution in [0, 0.1) is 5.82 Å². The van der Waals surface area contributed by atoms with Crippen LogP contribution in [0.1, 0.15) is 23.5 Å². The van der Waals surface area contributed by atoms with Gasteiger partial charge in [0.05, 0.1) is 17.4 Å². The lowest BCUT2D eigenvalue weighted by molar-refractivity contribution is 0.434. The van der Waals surface area contributed by atoms with Crippen molar-refractivity contribution in [3.05, 3.63) is 101 Å². The largest absolute Gasteiger partial charge is 0.506 e. The summed E-state index contributed by atoms with van der Waals surface area (Å²) in [5.74, 6) is 0.916. The Kier molecular flexibility index (Phi) is 5.28. The van der Waals surface area contributed by atoms with Crippen LogP contribution in [0.2, 0.25) is 5.02 Å². The third-order valence-corrected chi connectivity index (χ3v) is 5.89. The Morgan fingerprint density at radius 2 is 1.88 bits per heavy atom. The van der Waals surface area contributed by atoms with E-state index in [1.807, 2.05) is 30.3 Å². The number of furan rings is 1. The summed E-state index contributed by atoms with van der Waals surface area (Å²) in [6, 6.07) is 19.4. The number of aromatic nitrogens is 1. The molecule has 2 aromatic carbocycles. The van der Waals surface area contributed by atoms with Crippen molar-refractivity contribution in [2.24, 2.45) is 0 Å². The number of aromatic hydroxyl groups is 1. The number of nitrogens with zero attached hydrogens (tertiary/aromatic N) is 2. The third-order valence-electron chi connectivity index (χ3n) is 5.34. The van der Waals surface area contributed by atoms with E-state index in [0.29, 0.717) is 27.3 Å². The molecule has 2 N–H and O–H groups in total. The molecule has 8 heteroatoms. The van der Waals surface area contributed by atoms with E-state index in [2.05, 4.69) is 10.3 Å². The first-order valence-corrected chi connectivity index (χ1v) is 10.6. The zero-order valence-corrected chi connectivity index (χ0v) is 18.1. The second-order valence-corrected chi connectivity index (χ2v) is 8.16. The quantitative estimate of drug-likeness (QED) is 0.359. The molecule has 5 nitrogen and oxygen atoms in total. The highest BCUT2D eigenvalue weighted by atomic mass is 35.5. The van der Waals surface area contributed by atoms with Crippen molar-refractivity contribution in [1.82, 2.24) is 10.3 Å². The van der Waals surface area contributed by atoms with Gasteiger partial charge in [0.15, 0.2) is 5.11 Å². The van der Waals surface area contributed by atoms with Crippen molar-refractivity contribution in [1.29, 1.82) is 0 Å². The van der Waals surface area contributed by atoms with Crippen LogP contribution in [0.4, 0.5) is 10.1 Å². The minimum absolute atomic E-state index is 0.0375. The van der Waals surface area contributed by atoms with Gasteiger partial charge in [-0.3, -0.25) is 4.98 Å². The normalized spacial score (nSPS) is 18.1. The molecule has 160 valence electrons. The Labute approximate surface area is 194 Å². The molecule has 0 amide bonds. The van der Waals surface area contributed by atoms with Crippen molar-refractivity contribution >= 4 is 34.6 Å². The third kappa shape index (κ3) is 3.70. The number of pyridine rings is 1. The summed E-state index contributed by atoms with van der Waals surface area (Å²) in [5.41, 5.74) is 1.97. The van der Waals surface area contributed by atoms with Crippen LogP contribution in [0.3, 0.4) is 0 Å². The van der Waals surface area contributed by atoms with Gasteiger partial charge in [-0.25, -0.2) is 4.39 Å². The average Bonchev–Trinajstić information content (AvgIpc) is 3.41. The van der Waals surface area contributed by atoms with E-state index in [1.165, 1.54) is 18.2 Å². The fourth-order valence-electron chi connectivity index (χ4n) is 3.87. The number of phenolic OH excluding ortho intramolecular Hbond substituents is 1. The molecule has 0 bridgehead atoms. The zero-order chi connectivity index (χ0) is 22.2. The number of nitrogens with one attached hydrogen (secondary N) is 1. The maximum atomic E-state index is 13.3. The topological polar surface area (TPSA) is 61.5 Å². The van der Waals surface area contributed by atoms with E-state index in [-0.39, 0.29) is 17.6 Å². The first-order chi connectivity index (χ1) is 15.5. The lowest BCUT2D eigenvalue weighted by atomic mass is 10.0. The number of benzene rings is 2. The van der Waals surface area contributed by atoms with E-state index >= 15 is 0 Å². The maximum Gasteiger partial charge on any atom is 0.174 e. The summed E-state index contributed by atoms with van der Waals surface area (Å²) >= 11 is 11.9. The number of thiocarbonyl (C=S) groups is 1.